The highest BCUT2D eigenvalue weighted by molar-refractivity contribution is 5.77. The Morgan fingerprint density at radius 1 is 1.64 bits per heavy atom. The lowest BCUT2D eigenvalue weighted by Crippen LogP contribution is -2.34. The molecule has 0 aromatic carbocycles. The zero-order valence-electron chi connectivity index (χ0n) is 8.99. The molecule has 0 aliphatic carbocycles. The fourth-order valence-corrected chi connectivity index (χ4v) is 1.76. The summed E-state index contributed by atoms with van der Waals surface area (Å²) in [7, 11) is 0. The molecule has 1 unspecified atom stereocenters. The number of nitriles is 1. The van der Waals surface area contributed by atoms with E-state index in [1.165, 1.54) is 0 Å². The third-order valence-corrected chi connectivity index (χ3v) is 2.66. The van der Waals surface area contributed by atoms with E-state index in [1.54, 1.807) is 4.90 Å². The Labute approximate surface area is 85.7 Å². The molecule has 1 saturated heterocycles. The average molecular weight is 194 g/mol. The minimum Gasteiger partial charge on any atom is -0.327 e. The summed E-state index contributed by atoms with van der Waals surface area (Å²) in [5, 5.41) is 8.82. The van der Waals surface area contributed by atoms with E-state index in [4.69, 9.17) is 5.26 Å². The van der Waals surface area contributed by atoms with E-state index in [2.05, 4.69) is 19.9 Å². The molecule has 3 heteroatoms. The van der Waals surface area contributed by atoms with Gasteiger partial charge in [0.2, 0.25) is 5.91 Å². The highest BCUT2D eigenvalue weighted by Crippen LogP contribution is 2.18. The normalized spacial score (nSPS) is 21.3. The smallest absolute Gasteiger partial charge is 0.223 e. The van der Waals surface area contributed by atoms with Crippen molar-refractivity contribution in [2.45, 2.75) is 45.6 Å². The maximum absolute atomic E-state index is 11.7. The first kappa shape index (κ1) is 11.0. The van der Waals surface area contributed by atoms with E-state index in [1.807, 2.05) is 0 Å². The van der Waals surface area contributed by atoms with Gasteiger partial charge < -0.3 is 4.90 Å². The van der Waals surface area contributed by atoms with Crippen LogP contribution < -0.4 is 0 Å². The van der Waals surface area contributed by atoms with Crippen LogP contribution in [0.15, 0.2) is 0 Å². The van der Waals surface area contributed by atoms with Crippen molar-refractivity contribution in [2.24, 2.45) is 5.92 Å². The molecule has 1 aliphatic heterocycles. The molecule has 0 bridgehead atoms. The third kappa shape index (κ3) is 2.73. The predicted molar refractivity (Wildman–Crippen MR) is 54.4 cm³/mol. The highest BCUT2D eigenvalue weighted by Gasteiger charge is 2.27. The van der Waals surface area contributed by atoms with Crippen molar-refractivity contribution in [3.8, 4) is 6.07 Å². The summed E-state index contributed by atoms with van der Waals surface area (Å²) < 4.78 is 0. The molecule has 0 aromatic heterocycles. The molecule has 1 rings (SSSR count). The van der Waals surface area contributed by atoms with Crippen LogP contribution in [0.2, 0.25) is 0 Å². The lowest BCUT2D eigenvalue weighted by molar-refractivity contribution is -0.131. The highest BCUT2D eigenvalue weighted by atomic mass is 16.2. The summed E-state index contributed by atoms with van der Waals surface area (Å²) in [6.45, 7) is 4.99. The number of likely N-dealkylation sites (tertiary alicyclic amines) is 1. The molecule has 1 fully saturated rings. The van der Waals surface area contributed by atoms with Gasteiger partial charge in [-0.1, -0.05) is 13.8 Å². The second kappa shape index (κ2) is 4.99. The average Bonchev–Trinajstić information content (AvgIpc) is 2.61. The van der Waals surface area contributed by atoms with Gasteiger partial charge in [-0.3, -0.25) is 4.79 Å². The third-order valence-electron chi connectivity index (χ3n) is 2.66. The molecular weight excluding hydrogens is 176 g/mol. The first-order valence-electron chi connectivity index (χ1n) is 5.34. The lowest BCUT2D eigenvalue weighted by Gasteiger charge is -2.19. The van der Waals surface area contributed by atoms with Crippen molar-refractivity contribution in [1.82, 2.24) is 4.90 Å². The molecule has 78 valence electrons. The predicted octanol–water partition coefficient (Wildman–Crippen LogP) is 1.94. The molecule has 0 N–H and O–H groups in total. The second-order valence-corrected chi connectivity index (χ2v) is 4.31. The van der Waals surface area contributed by atoms with Crippen LogP contribution in [0.1, 0.15) is 39.5 Å². The quantitative estimate of drug-likeness (QED) is 0.689. The van der Waals surface area contributed by atoms with Gasteiger partial charge in [0, 0.05) is 13.0 Å². The zero-order valence-corrected chi connectivity index (χ0v) is 8.99. The summed E-state index contributed by atoms with van der Waals surface area (Å²) in [5.41, 5.74) is 0. The molecule has 1 heterocycles. The Morgan fingerprint density at radius 3 is 2.93 bits per heavy atom. The first-order valence-corrected chi connectivity index (χ1v) is 5.34. The van der Waals surface area contributed by atoms with E-state index >= 15 is 0 Å². The zero-order chi connectivity index (χ0) is 10.6. The van der Waals surface area contributed by atoms with Crippen molar-refractivity contribution < 1.29 is 4.79 Å². The topological polar surface area (TPSA) is 44.1 Å². The maximum Gasteiger partial charge on any atom is 0.223 e. The lowest BCUT2D eigenvalue weighted by atomic mass is 10.1. The van der Waals surface area contributed by atoms with Gasteiger partial charge in [0.05, 0.1) is 6.07 Å². The largest absolute Gasteiger partial charge is 0.327 e. The van der Waals surface area contributed by atoms with Gasteiger partial charge >= 0.3 is 0 Å². The summed E-state index contributed by atoms with van der Waals surface area (Å²) >= 11 is 0. The Morgan fingerprint density at radius 2 is 2.36 bits per heavy atom. The standard InChI is InChI=1S/C11H18N2O/c1-9(2)5-6-11(14)13-7-3-4-10(13)8-12/h9-10H,3-7H2,1-2H3. The van der Waals surface area contributed by atoms with Crippen molar-refractivity contribution in [3.05, 3.63) is 0 Å². The number of hydrogen-bond acceptors (Lipinski definition) is 2. The van der Waals surface area contributed by atoms with E-state index in [9.17, 15) is 4.79 Å². The molecule has 14 heavy (non-hydrogen) atoms. The second-order valence-electron chi connectivity index (χ2n) is 4.31. The summed E-state index contributed by atoms with van der Waals surface area (Å²) in [5.74, 6) is 0.713. The summed E-state index contributed by atoms with van der Waals surface area (Å²) in [4.78, 5) is 13.4. The SMILES string of the molecule is CC(C)CCC(=O)N1CCCC1C#N. The molecule has 0 spiro atoms. The minimum absolute atomic E-state index is 0.155. The monoisotopic (exact) mass is 194 g/mol. The molecule has 3 nitrogen and oxygen atoms in total. The van der Waals surface area contributed by atoms with Crippen LogP contribution >= 0.6 is 0 Å². The number of hydrogen-bond donors (Lipinski definition) is 0. The Balaban J connectivity index is 2.40. The van der Waals surface area contributed by atoms with Crippen LogP contribution in [-0.4, -0.2) is 23.4 Å². The molecular formula is C11H18N2O. The van der Waals surface area contributed by atoms with Crippen molar-refractivity contribution in [3.63, 3.8) is 0 Å². The van der Waals surface area contributed by atoms with Crippen molar-refractivity contribution in [1.29, 1.82) is 5.26 Å². The van der Waals surface area contributed by atoms with Gasteiger partial charge in [0.25, 0.3) is 0 Å². The van der Waals surface area contributed by atoms with E-state index in [0.717, 1.165) is 25.8 Å². The van der Waals surface area contributed by atoms with Crippen LogP contribution in [0.5, 0.6) is 0 Å². The molecule has 0 aromatic rings. The number of carbonyl (C=O) groups excluding carboxylic acids is 1. The van der Waals surface area contributed by atoms with Crippen molar-refractivity contribution >= 4 is 5.91 Å². The number of nitrogens with zero attached hydrogens (tertiary/aromatic N) is 2. The fraction of sp³-hybridized carbons (Fsp3) is 0.818. The van der Waals surface area contributed by atoms with Crippen LogP contribution in [-0.2, 0) is 4.79 Å². The van der Waals surface area contributed by atoms with Crippen molar-refractivity contribution in [2.75, 3.05) is 6.54 Å². The van der Waals surface area contributed by atoms with Crippen LogP contribution in [0.25, 0.3) is 0 Å². The molecule has 0 radical (unpaired) electrons. The molecule has 1 atom stereocenters. The van der Waals surface area contributed by atoms with Crippen LogP contribution in [0, 0.1) is 17.2 Å². The van der Waals surface area contributed by atoms with Gasteiger partial charge in [0.1, 0.15) is 6.04 Å². The van der Waals surface area contributed by atoms with Crippen LogP contribution in [0.4, 0.5) is 0 Å². The van der Waals surface area contributed by atoms with E-state index < -0.39 is 0 Å². The molecule has 1 amide bonds. The number of amides is 1. The minimum atomic E-state index is -0.158. The maximum atomic E-state index is 11.7. The summed E-state index contributed by atoms with van der Waals surface area (Å²) in [6, 6.07) is 2.03. The first-order chi connectivity index (χ1) is 6.65. The fourth-order valence-electron chi connectivity index (χ4n) is 1.76. The van der Waals surface area contributed by atoms with Gasteiger partial charge in [-0.15, -0.1) is 0 Å². The molecule has 0 saturated carbocycles. The van der Waals surface area contributed by atoms with Gasteiger partial charge in [0.15, 0.2) is 0 Å². The Bertz CT molecular complexity index is 242. The number of carbonyl (C=O) groups is 1. The van der Waals surface area contributed by atoms with E-state index in [0.29, 0.717) is 12.3 Å². The van der Waals surface area contributed by atoms with Crippen LogP contribution in [0.3, 0.4) is 0 Å². The van der Waals surface area contributed by atoms with Gasteiger partial charge in [-0.2, -0.15) is 5.26 Å². The summed E-state index contributed by atoms with van der Waals surface area (Å²) in [6.07, 6.45) is 3.35. The van der Waals surface area contributed by atoms with E-state index in [-0.39, 0.29) is 11.9 Å². The molecule has 1 aliphatic rings. The Kier molecular flexibility index (Phi) is 3.94. The Hall–Kier alpha value is -1.04. The van der Waals surface area contributed by atoms with Gasteiger partial charge in [-0.25, -0.2) is 0 Å². The number of rotatable bonds is 3. The van der Waals surface area contributed by atoms with Gasteiger partial charge in [-0.05, 0) is 25.2 Å².